The molecule has 0 aromatic heterocycles. The van der Waals surface area contributed by atoms with E-state index in [1.165, 1.54) is 12.1 Å². The molecule has 1 atom stereocenters. The Bertz CT molecular complexity index is 595. The molecule has 1 aliphatic rings. The standard InChI is InChI=1S/C13H18N2O4S/c1-14(2)10-5-7-11(8-6-10)20(18,19)15-9-3-4-12(15)13(16)17/h5-8,12H,3-4,9H2,1-2H3,(H,16,17)/t12-/m0/s1. The lowest BCUT2D eigenvalue weighted by molar-refractivity contribution is -0.140. The molecule has 1 saturated heterocycles. The zero-order valence-electron chi connectivity index (χ0n) is 11.5. The smallest absolute Gasteiger partial charge is 0.322 e. The number of hydrogen-bond acceptors (Lipinski definition) is 4. The van der Waals surface area contributed by atoms with Crippen molar-refractivity contribution in [1.82, 2.24) is 4.31 Å². The molecule has 0 saturated carbocycles. The fourth-order valence-corrected chi connectivity index (χ4v) is 3.98. The number of hydrogen-bond donors (Lipinski definition) is 1. The van der Waals surface area contributed by atoms with E-state index in [-0.39, 0.29) is 11.4 Å². The molecule has 1 aromatic rings. The molecule has 0 bridgehead atoms. The fourth-order valence-electron chi connectivity index (χ4n) is 2.33. The number of benzene rings is 1. The topological polar surface area (TPSA) is 77.9 Å². The molecule has 1 aromatic carbocycles. The second-order valence-corrected chi connectivity index (χ2v) is 6.89. The number of carboxylic acids is 1. The minimum atomic E-state index is -3.74. The van der Waals surface area contributed by atoms with E-state index in [0.29, 0.717) is 12.8 Å². The van der Waals surface area contributed by atoms with Gasteiger partial charge in [0.15, 0.2) is 0 Å². The van der Waals surface area contributed by atoms with E-state index in [4.69, 9.17) is 5.11 Å². The Morgan fingerprint density at radius 2 is 1.90 bits per heavy atom. The maximum Gasteiger partial charge on any atom is 0.322 e. The normalized spacial score (nSPS) is 20.0. The highest BCUT2D eigenvalue weighted by atomic mass is 32.2. The van der Waals surface area contributed by atoms with Crippen molar-refractivity contribution >= 4 is 21.7 Å². The molecular formula is C13H18N2O4S. The lowest BCUT2D eigenvalue weighted by atomic mass is 10.2. The molecule has 2 rings (SSSR count). The van der Waals surface area contributed by atoms with Gasteiger partial charge in [-0.1, -0.05) is 0 Å². The van der Waals surface area contributed by atoms with E-state index in [1.54, 1.807) is 12.1 Å². The monoisotopic (exact) mass is 298 g/mol. The fraction of sp³-hybridized carbons (Fsp3) is 0.462. The molecule has 0 radical (unpaired) electrons. The summed E-state index contributed by atoms with van der Waals surface area (Å²) in [7, 11) is -0.0103. The maximum atomic E-state index is 12.5. The average molecular weight is 298 g/mol. The van der Waals surface area contributed by atoms with Crippen LogP contribution in [0.15, 0.2) is 29.2 Å². The number of carboxylic acid groups (broad SMARTS) is 1. The third-order valence-electron chi connectivity index (χ3n) is 3.45. The highest BCUT2D eigenvalue weighted by Gasteiger charge is 2.39. The number of nitrogens with zero attached hydrogens (tertiary/aromatic N) is 2. The Hall–Kier alpha value is -1.60. The molecule has 0 unspecified atom stereocenters. The second kappa shape index (κ2) is 5.41. The zero-order valence-corrected chi connectivity index (χ0v) is 12.3. The van der Waals surface area contributed by atoms with Crippen molar-refractivity contribution in [3.63, 3.8) is 0 Å². The largest absolute Gasteiger partial charge is 0.480 e. The van der Waals surface area contributed by atoms with Gasteiger partial charge < -0.3 is 10.0 Å². The lowest BCUT2D eigenvalue weighted by Crippen LogP contribution is -2.40. The maximum absolute atomic E-state index is 12.5. The highest BCUT2D eigenvalue weighted by Crippen LogP contribution is 2.27. The van der Waals surface area contributed by atoms with E-state index in [1.807, 2.05) is 19.0 Å². The van der Waals surface area contributed by atoms with Gasteiger partial charge in [-0.05, 0) is 37.1 Å². The summed E-state index contributed by atoms with van der Waals surface area (Å²) in [6.07, 6.45) is 0.941. The summed E-state index contributed by atoms with van der Waals surface area (Å²) in [4.78, 5) is 13.1. The Balaban J connectivity index is 2.32. The van der Waals surface area contributed by atoms with E-state index >= 15 is 0 Å². The van der Waals surface area contributed by atoms with Crippen LogP contribution < -0.4 is 4.90 Å². The first kappa shape index (κ1) is 14.8. The minimum Gasteiger partial charge on any atom is -0.480 e. The van der Waals surface area contributed by atoms with Gasteiger partial charge in [0.05, 0.1) is 4.90 Å². The molecule has 0 amide bonds. The first-order chi connectivity index (χ1) is 9.34. The van der Waals surface area contributed by atoms with Gasteiger partial charge in [-0.2, -0.15) is 4.31 Å². The molecule has 0 aliphatic carbocycles. The van der Waals surface area contributed by atoms with Gasteiger partial charge in [-0.15, -0.1) is 0 Å². The highest BCUT2D eigenvalue weighted by molar-refractivity contribution is 7.89. The Kier molecular flexibility index (Phi) is 4.01. The van der Waals surface area contributed by atoms with Crippen LogP contribution in [0, 0.1) is 0 Å². The van der Waals surface area contributed by atoms with Gasteiger partial charge in [0.2, 0.25) is 10.0 Å². The molecule has 1 heterocycles. The van der Waals surface area contributed by atoms with E-state index in [9.17, 15) is 13.2 Å². The Morgan fingerprint density at radius 1 is 1.30 bits per heavy atom. The van der Waals surface area contributed by atoms with Crippen LogP contribution in [0.2, 0.25) is 0 Å². The van der Waals surface area contributed by atoms with Crippen molar-refractivity contribution < 1.29 is 18.3 Å². The van der Waals surface area contributed by atoms with Crippen molar-refractivity contribution in [2.75, 3.05) is 25.5 Å². The van der Waals surface area contributed by atoms with Crippen LogP contribution >= 0.6 is 0 Å². The lowest BCUT2D eigenvalue weighted by Gasteiger charge is -2.21. The number of carbonyl (C=O) groups is 1. The van der Waals surface area contributed by atoms with Crippen LogP contribution in [0.25, 0.3) is 0 Å². The molecule has 1 N–H and O–H groups in total. The number of sulfonamides is 1. The molecule has 110 valence electrons. The quantitative estimate of drug-likeness (QED) is 0.897. The summed E-state index contributed by atoms with van der Waals surface area (Å²) >= 11 is 0. The summed E-state index contributed by atoms with van der Waals surface area (Å²) in [6.45, 7) is 0.259. The van der Waals surface area contributed by atoms with Gasteiger partial charge in [-0.3, -0.25) is 4.79 Å². The second-order valence-electron chi connectivity index (χ2n) is 5.00. The van der Waals surface area contributed by atoms with E-state index in [0.717, 1.165) is 9.99 Å². The van der Waals surface area contributed by atoms with Gasteiger partial charge in [-0.25, -0.2) is 8.42 Å². The van der Waals surface area contributed by atoms with Crippen LogP contribution in [-0.2, 0) is 14.8 Å². The van der Waals surface area contributed by atoms with Crippen LogP contribution in [-0.4, -0.2) is 50.5 Å². The molecule has 20 heavy (non-hydrogen) atoms. The summed E-state index contributed by atoms with van der Waals surface area (Å²) in [5.74, 6) is -1.09. The predicted molar refractivity (Wildman–Crippen MR) is 75.3 cm³/mol. The number of anilines is 1. The summed E-state index contributed by atoms with van der Waals surface area (Å²) in [5, 5.41) is 9.10. The molecular weight excluding hydrogens is 280 g/mol. The number of rotatable bonds is 4. The molecule has 7 heteroatoms. The van der Waals surface area contributed by atoms with Crippen molar-refractivity contribution in [1.29, 1.82) is 0 Å². The van der Waals surface area contributed by atoms with Crippen LogP contribution in [0.4, 0.5) is 5.69 Å². The number of aliphatic carboxylic acids is 1. The Morgan fingerprint density at radius 3 is 2.40 bits per heavy atom. The van der Waals surface area contributed by atoms with Crippen LogP contribution in [0.5, 0.6) is 0 Å². The molecule has 6 nitrogen and oxygen atoms in total. The van der Waals surface area contributed by atoms with Gasteiger partial charge in [0.1, 0.15) is 6.04 Å². The Labute approximate surface area is 118 Å². The van der Waals surface area contributed by atoms with Gasteiger partial charge in [0.25, 0.3) is 0 Å². The van der Waals surface area contributed by atoms with Crippen LogP contribution in [0.1, 0.15) is 12.8 Å². The average Bonchev–Trinajstić information content (AvgIpc) is 2.89. The van der Waals surface area contributed by atoms with Crippen LogP contribution in [0.3, 0.4) is 0 Å². The summed E-state index contributed by atoms with van der Waals surface area (Å²) in [6, 6.07) is 5.50. The van der Waals surface area contributed by atoms with Crippen molar-refractivity contribution in [3.8, 4) is 0 Å². The third kappa shape index (κ3) is 2.64. The predicted octanol–water partition coefficient (Wildman–Crippen LogP) is 0.990. The summed E-state index contributed by atoms with van der Waals surface area (Å²) in [5.41, 5.74) is 0.889. The SMILES string of the molecule is CN(C)c1ccc(S(=O)(=O)N2CCC[C@H]2C(=O)O)cc1. The van der Waals surface area contributed by atoms with E-state index in [2.05, 4.69) is 0 Å². The molecule has 1 fully saturated rings. The van der Waals surface area contributed by atoms with Crippen molar-refractivity contribution in [2.24, 2.45) is 0 Å². The van der Waals surface area contributed by atoms with Gasteiger partial charge in [0, 0.05) is 26.3 Å². The van der Waals surface area contributed by atoms with Crippen molar-refractivity contribution in [2.45, 2.75) is 23.8 Å². The molecule has 0 spiro atoms. The van der Waals surface area contributed by atoms with Crippen molar-refractivity contribution in [3.05, 3.63) is 24.3 Å². The third-order valence-corrected chi connectivity index (χ3v) is 5.37. The minimum absolute atomic E-state index is 0.135. The first-order valence-corrected chi connectivity index (χ1v) is 7.80. The zero-order chi connectivity index (χ0) is 14.9. The first-order valence-electron chi connectivity index (χ1n) is 6.36. The summed E-state index contributed by atoms with van der Waals surface area (Å²) < 4.78 is 26.0. The van der Waals surface area contributed by atoms with E-state index < -0.39 is 22.0 Å². The van der Waals surface area contributed by atoms with Gasteiger partial charge >= 0.3 is 5.97 Å². The molecule has 1 aliphatic heterocycles.